The van der Waals surface area contributed by atoms with E-state index in [1.54, 1.807) is 0 Å². The topological polar surface area (TPSA) is 78.4 Å². The summed E-state index contributed by atoms with van der Waals surface area (Å²) in [6, 6.07) is 0. The summed E-state index contributed by atoms with van der Waals surface area (Å²) in [5.41, 5.74) is -0.953. The molecule has 0 radical (unpaired) electrons. The van der Waals surface area contributed by atoms with Crippen molar-refractivity contribution in [2.45, 2.75) is 39.2 Å². The Morgan fingerprint density at radius 2 is 2.27 bits per heavy atom. The first-order valence-corrected chi connectivity index (χ1v) is 7.48. The van der Waals surface area contributed by atoms with Gasteiger partial charge in [-0.2, -0.15) is 4.98 Å². The fourth-order valence-electron chi connectivity index (χ4n) is 3.09. The molecule has 22 heavy (non-hydrogen) atoms. The maximum atomic E-state index is 13.7. The summed E-state index contributed by atoms with van der Waals surface area (Å²) in [6.45, 7) is 6.69. The molecule has 8 heteroatoms. The van der Waals surface area contributed by atoms with Gasteiger partial charge in [0.05, 0.1) is 11.7 Å². The van der Waals surface area contributed by atoms with Crippen molar-refractivity contribution in [3.63, 3.8) is 0 Å². The number of carboxylic acid groups (broad SMARTS) is 1. The molecule has 1 amide bonds. The Labute approximate surface area is 133 Å². The molecular weight excluding hydrogens is 311 g/mol. The Balaban J connectivity index is 2.29. The van der Waals surface area contributed by atoms with Gasteiger partial charge in [-0.15, -0.1) is 0 Å². The number of halogens is 2. The van der Waals surface area contributed by atoms with Crippen molar-refractivity contribution in [1.82, 2.24) is 14.9 Å². The van der Waals surface area contributed by atoms with E-state index in [1.165, 1.54) is 4.90 Å². The number of hydrogen-bond donors (Lipinski definition) is 2. The van der Waals surface area contributed by atoms with Gasteiger partial charge in [-0.25, -0.2) is 14.2 Å². The first kappa shape index (κ1) is 16.7. The molecule has 1 saturated heterocycles. The van der Waals surface area contributed by atoms with Crippen LogP contribution in [0.25, 0.3) is 0 Å². The van der Waals surface area contributed by atoms with Gasteiger partial charge in [-0.1, -0.05) is 20.8 Å². The van der Waals surface area contributed by atoms with Crippen LogP contribution in [-0.4, -0.2) is 44.7 Å². The quantitative estimate of drug-likeness (QED) is 0.832. The Hall–Kier alpha value is -1.63. The van der Waals surface area contributed by atoms with Crippen LogP contribution in [0.1, 0.15) is 33.6 Å². The molecule has 2 N–H and O–H groups in total. The number of nitrogens with one attached hydrogen (secondary N) is 1. The lowest BCUT2D eigenvalue weighted by atomic mass is 9.71. The van der Waals surface area contributed by atoms with Gasteiger partial charge in [0, 0.05) is 13.1 Å². The molecule has 0 aliphatic carbocycles. The van der Waals surface area contributed by atoms with Crippen molar-refractivity contribution in [1.29, 1.82) is 0 Å². The lowest BCUT2D eigenvalue weighted by molar-refractivity contribution is 0.0399. The highest BCUT2D eigenvalue weighted by atomic mass is 35.5. The van der Waals surface area contributed by atoms with Gasteiger partial charge >= 0.3 is 6.09 Å². The molecule has 0 saturated carbocycles. The Bertz CT molecular complexity index is 578. The summed E-state index contributed by atoms with van der Waals surface area (Å²) < 4.78 is 13.7. The molecule has 1 aromatic rings. The lowest BCUT2D eigenvalue weighted by Crippen LogP contribution is -2.59. The number of likely N-dealkylation sites (tertiary alicyclic amines) is 1. The van der Waals surface area contributed by atoms with Gasteiger partial charge in [0.25, 0.3) is 0 Å². The van der Waals surface area contributed by atoms with Crippen LogP contribution in [0.5, 0.6) is 0 Å². The second-order valence-corrected chi connectivity index (χ2v) is 6.85. The maximum Gasteiger partial charge on any atom is 0.407 e. The van der Waals surface area contributed by atoms with Gasteiger partial charge in [0.2, 0.25) is 5.28 Å². The molecule has 2 rings (SSSR count). The average molecular weight is 331 g/mol. The highest BCUT2D eigenvalue weighted by Gasteiger charge is 2.51. The number of rotatable bonds is 3. The highest BCUT2D eigenvalue weighted by Crippen LogP contribution is 2.43. The molecule has 2 heterocycles. The molecule has 0 unspecified atom stereocenters. The van der Waals surface area contributed by atoms with Gasteiger partial charge in [0.1, 0.15) is 0 Å². The Kier molecular flexibility index (Phi) is 4.47. The van der Waals surface area contributed by atoms with Gasteiger partial charge in [-0.05, 0) is 29.9 Å². The third-order valence-electron chi connectivity index (χ3n) is 4.38. The zero-order chi connectivity index (χ0) is 16.5. The first-order chi connectivity index (χ1) is 10.2. The Morgan fingerprint density at radius 1 is 1.59 bits per heavy atom. The van der Waals surface area contributed by atoms with E-state index in [1.807, 2.05) is 20.8 Å². The standard InChI is InChI=1S/C14H20ClFN4O2/c1-13(2,3)14(5-4-6-20(14)12(21)22)8-18-10-9(16)7-17-11(15)19-10/h7H,4-6,8H2,1-3H3,(H,21,22)(H,17,18,19)/t14-/m0/s1. The van der Waals surface area contributed by atoms with Gasteiger partial charge < -0.3 is 15.3 Å². The summed E-state index contributed by atoms with van der Waals surface area (Å²) in [4.78, 5) is 20.4. The summed E-state index contributed by atoms with van der Waals surface area (Å²) in [6.07, 6.45) is 1.51. The minimum atomic E-state index is -0.963. The van der Waals surface area contributed by atoms with Crippen molar-refractivity contribution in [2.75, 3.05) is 18.4 Å². The molecule has 0 aromatic carbocycles. The second-order valence-electron chi connectivity index (χ2n) is 6.51. The zero-order valence-electron chi connectivity index (χ0n) is 12.9. The fourth-order valence-corrected chi connectivity index (χ4v) is 3.22. The monoisotopic (exact) mass is 330 g/mol. The minimum Gasteiger partial charge on any atom is -0.465 e. The summed E-state index contributed by atoms with van der Waals surface area (Å²) in [5.74, 6) is -0.630. The SMILES string of the molecule is CC(C)(C)[C@@]1(CNc2nc(Cl)ncc2F)CCCN1C(=O)O. The molecule has 1 atom stereocenters. The largest absolute Gasteiger partial charge is 0.465 e. The normalized spacial score (nSPS) is 22.0. The Morgan fingerprint density at radius 3 is 2.86 bits per heavy atom. The second kappa shape index (κ2) is 5.87. The van der Waals surface area contributed by atoms with Crippen LogP contribution >= 0.6 is 11.6 Å². The number of aromatic nitrogens is 2. The van der Waals surface area contributed by atoms with Gasteiger partial charge in [-0.3, -0.25) is 0 Å². The van der Waals surface area contributed by atoms with E-state index in [-0.39, 0.29) is 23.1 Å². The van der Waals surface area contributed by atoms with Crippen LogP contribution in [0, 0.1) is 11.2 Å². The van der Waals surface area contributed by atoms with Crippen LogP contribution < -0.4 is 5.32 Å². The predicted octanol–water partition coefficient (Wildman–Crippen LogP) is 3.24. The van der Waals surface area contributed by atoms with E-state index in [0.717, 1.165) is 12.6 Å². The number of amides is 1. The van der Waals surface area contributed by atoms with Crippen molar-refractivity contribution in [3.8, 4) is 0 Å². The maximum absolute atomic E-state index is 13.7. The van der Waals surface area contributed by atoms with E-state index in [0.29, 0.717) is 13.0 Å². The fraction of sp³-hybridized carbons (Fsp3) is 0.643. The molecule has 1 aromatic heterocycles. The van der Waals surface area contributed by atoms with E-state index < -0.39 is 17.4 Å². The van der Waals surface area contributed by atoms with Crippen molar-refractivity contribution in [3.05, 3.63) is 17.3 Å². The molecule has 1 fully saturated rings. The summed E-state index contributed by atoms with van der Waals surface area (Å²) in [7, 11) is 0. The van der Waals surface area contributed by atoms with Crippen LogP contribution in [0.3, 0.4) is 0 Å². The van der Waals surface area contributed by atoms with E-state index >= 15 is 0 Å². The van der Waals surface area contributed by atoms with Crippen molar-refractivity contribution >= 4 is 23.5 Å². The van der Waals surface area contributed by atoms with E-state index in [2.05, 4.69) is 15.3 Å². The van der Waals surface area contributed by atoms with Crippen LogP contribution in [0.4, 0.5) is 15.0 Å². The number of hydrogen-bond acceptors (Lipinski definition) is 4. The molecule has 122 valence electrons. The van der Waals surface area contributed by atoms with Crippen LogP contribution in [0.15, 0.2) is 6.20 Å². The predicted molar refractivity (Wildman–Crippen MR) is 81.6 cm³/mol. The van der Waals surface area contributed by atoms with Gasteiger partial charge in [0.15, 0.2) is 11.6 Å². The average Bonchev–Trinajstić information content (AvgIpc) is 2.85. The van der Waals surface area contributed by atoms with Crippen molar-refractivity contribution < 1.29 is 14.3 Å². The number of nitrogens with zero attached hydrogens (tertiary/aromatic N) is 3. The lowest BCUT2D eigenvalue weighted by Gasteiger charge is -2.47. The molecule has 1 aliphatic rings. The smallest absolute Gasteiger partial charge is 0.407 e. The summed E-state index contributed by atoms with van der Waals surface area (Å²) >= 11 is 5.68. The highest BCUT2D eigenvalue weighted by molar-refractivity contribution is 6.28. The summed E-state index contributed by atoms with van der Waals surface area (Å²) in [5, 5.41) is 12.3. The van der Waals surface area contributed by atoms with Crippen molar-refractivity contribution in [2.24, 2.45) is 5.41 Å². The van der Waals surface area contributed by atoms with Crippen LogP contribution in [-0.2, 0) is 0 Å². The zero-order valence-corrected chi connectivity index (χ0v) is 13.6. The third kappa shape index (κ3) is 2.95. The molecule has 0 bridgehead atoms. The number of anilines is 1. The third-order valence-corrected chi connectivity index (χ3v) is 4.56. The van der Waals surface area contributed by atoms with E-state index in [9.17, 15) is 14.3 Å². The molecule has 1 aliphatic heterocycles. The number of carbonyl (C=O) groups is 1. The minimum absolute atomic E-state index is 0.0131. The first-order valence-electron chi connectivity index (χ1n) is 7.10. The van der Waals surface area contributed by atoms with E-state index in [4.69, 9.17) is 11.6 Å². The molecular formula is C14H20ClFN4O2. The van der Waals surface area contributed by atoms with Crippen LogP contribution in [0.2, 0.25) is 5.28 Å². The molecule has 0 spiro atoms. The molecule has 6 nitrogen and oxygen atoms in total.